The first kappa shape index (κ1) is 43.3. The van der Waals surface area contributed by atoms with Gasteiger partial charge in [0.05, 0.1) is 34.4 Å². The van der Waals surface area contributed by atoms with Crippen molar-refractivity contribution >= 4 is 35.9 Å². The van der Waals surface area contributed by atoms with Gasteiger partial charge in [0, 0.05) is 51.3 Å². The maximum absolute atomic E-state index is 12.5. The van der Waals surface area contributed by atoms with E-state index < -0.39 is 60.7 Å². The minimum absolute atomic E-state index is 0.0615. The number of carbonyl (C=O) groups is 5. The summed E-state index contributed by atoms with van der Waals surface area (Å²) < 4.78 is 62.7. The molecule has 4 atom stereocenters. The SMILES string of the molecule is COc1cc(C(OC(C)=O)C(COC(C)=O)Oc2c(OC)cc(C3Oc4c(OC)cc(/C=C/COC(C)=O)cc4C3COC(C)=O)cc2OC)ccc1OC(C)=O. The quantitative estimate of drug-likeness (QED) is 0.0877. The average Bonchev–Trinajstić information content (AvgIpc) is 3.54. The van der Waals surface area contributed by atoms with Gasteiger partial charge >= 0.3 is 29.8 Å². The molecule has 4 rings (SSSR count). The second kappa shape index (κ2) is 19.9. The molecule has 57 heavy (non-hydrogen) atoms. The Labute approximate surface area is 329 Å². The Bertz CT molecular complexity index is 1960. The monoisotopic (exact) mass is 794 g/mol. The highest BCUT2D eigenvalue weighted by Crippen LogP contribution is 2.53. The molecule has 3 aromatic rings. The number of ether oxygens (including phenoxy) is 11. The predicted octanol–water partition coefficient (Wildman–Crippen LogP) is 5.62. The van der Waals surface area contributed by atoms with E-state index in [1.54, 1.807) is 36.4 Å². The van der Waals surface area contributed by atoms with Crippen molar-refractivity contribution in [3.05, 3.63) is 70.8 Å². The minimum atomic E-state index is -1.21. The Hall–Kier alpha value is -6.45. The third-order valence-corrected chi connectivity index (χ3v) is 8.43. The van der Waals surface area contributed by atoms with Gasteiger partial charge in [-0.15, -0.1) is 0 Å². The third-order valence-electron chi connectivity index (χ3n) is 8.43. The first-order chi connectivity index (χ1) is 27.2. The van der Waals surface area contributed by atoms with Crippen LogP contribution in [0.1, 0.15) is 75.0 Å². The number of carbonyl (C=O) groups excluding carboxylic acids is 5. The van der Waals surface area contributed by atoms with Crippen LogP contribution >= 0.6 is 0 Å². The van der Waals surface area contributed by atoms with Crippen molar-refractivity contribution < 1.29 is 76.1 Å². The molecule has 1 aliphatic rings. The molecule has 0 fully saturated rings. The molecule has 0 bridgehead atoms. The zero-order valence-corrected chi connectivity index (χ0v) is 33.2. The molecule has 3 aromatic carbocycles. The Balaban J connectivity index is 1.80. The highest BCUT2D eigenvalue weighted by molar-refractivity contribution is 5.71. The molecule has 0 spiro atoms. The zero-order valence-electron chi connectivity index (χ0n) is 33.2. The van der Waals surface area contributed by atoms with Crippen LogP contribution in [0.2, 0.25) is 0 Å². The van der Waals surface area contributed by atoms with E-state index in [4.69, 9.17) is 52.1 Å². The summed E-state index contributed by atoms with van der Waals surface area (Å²) in [5, 5.41) is 0. The number of hydrogen-bond donors (Lipinski definition) is 0. The molecule has 0 saturated heterocycles. The zero-order chi connectivity index (χ0) is 41.8. The summed E-state index contributed by atoms with van der Waals surface area (Å²) in [6.07, 6.45) is 0.275. The van der Waals surface area contributed by atoms with E-state index in [1.807, 2.05) is 6.07 Å². The predicted molar refractivity (Wildman–Crippen MR) is 201 cm³/mol. The van der Waals surface area contributed by atoms with Gasteiger partial charge in [0.15, 0.2) is 46.7 Å². The maximum Gasteiger partial charge on any atom is 0.308 e. The molecule has 16 nitrogen and oxygen atoms in total. The summed E-state index contributed by atoms with van der Waals surface area (Å²) in [5.41, 5.74) is 2.29. The summed E-state index contributed by atoms with van der Waals surface area (Å²) in [5.74, 6) is -1.83. The molecule has 0 aromatic heterocycles. The fourth-order valence-electron chi connectivity index (χ4n) is 6.05. The van der Waals surface area contributed by atoms with Gasteiger partial charge in [-0.1, -0.05) is 12.1 Å². The van der Waals surface area contributed by atoms with Crippen molar-refractivity contribution in [2.24, 2.45) is 0 Å². The van der Waals surface area contributed by atoms with Gasteiger partial charge in [0.2, 0.25) is 5.75 Å². The molecule has 306 valence electrons. The lowest BCUT2D eigenvalue weighted by atomic mass is 9.90. The van der Waals surface area contributed by atoms with Gasteiger partial charge in [0.25, 0.3) is 0 Å². The molecular formula is C41H46O16. The number of hydrogen-bond acceptors (Lipinski definition) is 16. The van der Waals surface area contributed by atoms with Gasteiger partial charge < -0.3 is 52.1 Å². The van der Waals surface area contributed by atoms with Crippen LogP contribution in [-0.2, 0) is 42.9 Å². The van der Waals surface area contributed by atoms with Gasteiger partial charge in [-0.3, -0.25) is 24.0 Å². The molecule has 0 N–H and O–H groups in total. The van der Waals surface area contributed by atoms with Crippen LogP contribution in [0, 0.1) is 0 Å². The lowest BCUT2D eigenvalue weighted by Crippen LogP contribution is -2.34. The van der Waals surface area contributed by atoms with E-state index >= 15 is 0 Å². The van der Waals surface area contributed by atoms with E-state index in [9.17, 15) is 24.0 Å². The Morgan fingerprint density at radius 3 is 1.88 bits per heavy atom. The highest BCUT2D eigenvalue weighted by atomic mass is 16.6. The van der Waals surface area contributed by atoms with Crippen molar-refractivity contribution in [2.75, 3.05) is 48.3 Å². The maximum atomic E-state index is 12.5. The molecule has 16 heteroatoms. The van der Waals surface area contributed by atoms with E-state index in [1.165, 1.54) is 75.2 Å². The summed E-state index contributed by atoms with van der Waals surface area (Å²) in [4.78, 5) is 59.5. The smallest absolute Gasteiger partial charge is 0.308 e. The average molecular weight is 795 g/mol. The van der Waals surface area contributed by atoms with Crippen molar-refractivity contribution in [1.82, 2.24) is 0 Å². The largest absolute Gasteiger partial charge is 0.493 e. The summed E-state index contributed by atoms with van der Waals surface area (Å²) >= 11 is 0. The number of fused-ring (bicyclic) bond motifs is 1. The van der Waals surface area contributed by atoms with Gasteiger partial charge in [-0.2, -0.15) is 0 Å². The molecule has 1 heterocycles. The van der Waals surface area contributed by atoms with Crippen molar-refractivity contribution in [2.45, 2.75) is 58.8 Å². The van der Waals surface area contributed by atoms with Crippen LogP contribution < -0.4 is 33.2 Å². The first-order valence-electron chi connectivity index (χ1n) is 17.6. The van der Waals surface area contributed by atoms with Crippen molar-refractivity contribution in [1.29, 1.82) is 0 Å². The Morgan fingerprint density at radius 1 is 0.684 bits per heavy atom. The topological polar surface area (TPSA) is 187 Å². The fourth-order valence-corrected chi connectivity index (χ4v) is 6.05. The second-order valence-corrected chi connectivity index (χ2v) is 12.5. The molecule has 0 aliphatic carbocycles. The molecule has 0 saturated carbocycles. The lowest BCUT2D eigenvalue weighted by molar-refractivity contribution is -0.157. The fraction of sp³-hybridized carbons (Fsp3) is 0.390. The van der Waals surface area contributed by atoms with E-state index in [0.717, 1.165) is 0 Å². The second-order valence-electron chi connectivity index (χ2n) is 12.5. The van der Waals surface area contributed by atoms with Crippen LogP contribution in [0.4, 0.5) is 0 Å². The lowest BCUT2D eigenvalue weighted by Gasteiger charge is -2.29. The van der Waals surface area contributed by atoms with Crippen molar-refractivity contribution in [3.63, 3.8) is 0 Å². The normalized spacial score (nSPS) is 15.2. The van der Waals surface area contributed by atoms with Gasteiger partial charge in [-0.05, 0) is 48.0 Å². The summed E-state index contributed by atoms with van der Waals surface area (Å²) in [7, 11) is 5.69. The van der Waals surface area contributed by atoms with Crippen LogP contribution in [0.3, 0.4) is 0 Å². The minimum Gasteiger partial charge on any atom is -0.493 e. The van der Waals surface area contributed by atoms with Gasteiger partial charge in [-0.25, -0.2) is 0 Å². The van der Waals surface area contributed by atoms with Crippen LogP contribution in [0.5, 0.6) is 40.2 Å². The number of esters is 5. The molecule has 4 unspecified atom stereocenters. The highest BCUT2D eigenvalue weighted by Gasteiger charge is 2.40. The molecule has 0 amide bonds. The van der Waals surface area contributed by atoms with Gasteiger partial charge in [0.1, 0.15) is 25.9 Å². The van der Waals surface area contributed by atoms with E-state index in [0.29, 0.717) is 33.8 Å². The van der Waals surface area contributed by atoms with E-state index in [2.05, 4.69) is 0 Å². The van der Waals surface area contributed by atoms with E-state index in [-0.39, 0.29) is 42.0 Å². The molecular weight excluding hydrogens is 748 g/mol. The molecule has 1 aliphatic heterocycles. The van der Waals surface area contributed by atoms with Crippen LogP contribution in [-0.4, -0.2) is 84.2 Å². The third kappa shape index (κ3) is 11.3. The Morgan fingerprint density at radius 2 is 1.32 bits per heavy atom. The van der Waals surface area contributed by atoms with Crippen LogP contribution in [0.15, 0.2) is 48.5 Å². The summed E-state index contributed by atoms with van der Waals surface area (Å²) in [6, 6.07) is 11.4. The number of benzene rings is 3. The first-order valence-corrected chi connectivity index (χ1v) is 17.6. The standard InChI is InChI=1S/C41H46O16/c1-22(42)51-14-10-11-27-15-30-31(20-52-23(2)43)38(57-40(30)34(16-27)48-7)29-18-35(49-8)41(36(19-29)50-9)56-37(21-53-24(3)44)39(55-26(5)46)28-12-13-32(54-25(4)45)33(17-28)47-6/h10-13,15-19,31,37-39H,14,20-21H2,1-9H3/b11-10+. The summed E-state index contributed by atoms with van der Waals surface area (Å²) in [6.45, 7) is 5.90. The Kier molecular flexibility index (Phi) is 15.1. The molecule has 0 radical (unpaired) electrons. The van der Waals surface area contributed by atoms with Crippen LogP contribution in [0.25, 0.3) is 6.08 Å². The number of rotatable bonds is 18. The van der Waals surface area contributed by atoms with Crippen molar-refractivity contribution in [3.8, 4) is 40.2 Å². The number of methoxy groups -OCH3 is 4.